The molecule has 1 atom stereocenters. The van der Waals surface area contributed by atoms with E-state index >= 15 is 0 Å². The molecule has 204 valence electrons. The van der Waals surface area contributed by atoms with Crippen molar-refractivity contribution in [1.29, 1.82) is 0 Å². The van der Waals surface area contributed by atoms with Crippen LogP contribution in [0.15, 0.2) is 30.6 Å². The Balaban J connectivity index is 1.07. The van der Waals surface area contributed by atoms with Crippen LogP contribution >= 0.6 is 11.6 Å². The van der Waals surface area contributed by atoms with Crippen molar-refractivity contribution in [3.8, 4) is 17.5 Å². The SMILES string of the molecule is O=C(COc1cnc(OC2CCC2)nc1)NC12CCC(NC(=O)COc3ccc(Cl)c(F)c3)(CC1)[C@@H](O)C2. The van der Waals surface area contributed by atoms with Gasteiger partial charge in [0.2, 0.25) is 0 Å². The molecular weight excluding hydrogens is 519 g/mol. The minimum Gasteiger partial charge on any atom is -0.484 e. The number of carbonyl (C=O) groups excluding carboxylic acids is 2. The number of hydrogen-bond acceptors (Lipinski definition) is 8. The molecule has 0 aliphatic heterocycles. The van der Waals surface area contributed by atoms with Crippen LogP contribution in [0, 0.1) is 5.82 Å². The zero-order chi connectivity index (χ0) is 26.8. The molecule has 38 heavy (non-hydrogen) atoms. The first-order valence-corrected chi connectivity index (χ1v) is 13.1. The molecule has 2 aromatic rings. The fraction of sp³-hybridized carbons (Fsp3) is 0.538. The fourth-order valence-electron chi connectivity index (χ4n) is 5.25. The van der Waals surface area contributed by atoms with E-state index in [-0.39, 0.29) is 36.0 Å². The van der Waals surface area contributed by atoms with Crippen molar-refractivity contribution in [3.05, 3.63) is 41.4 Å². The highest BCUT2D eigenvalue weighted by molar-refractivity contribution is 6.30. The van der Waals surface area contributed by atoms with Crippen LogP contribution in [-0.2, 0) is 9.59 Å². The number of aliphatic hydroxyl groups is 1. The van der Waals surface area contributed by atoms with Gasteiger partial charge in [0.1, 0.15) is 17.7 Å². The van der Waals surface area contributed by atoms with Gasteiger partial charge in [-0.3, -0.25) is 9.59 Å². The Morgan fingerprint density at radius 2 is 1.68 bits per heavy atom. The second kappa shape index (κ2) is 10.9. The van der Waals surface area contributed by atoms with Crippen LogP contribution in [0.25, 0.3) is 0 Å². The summed E-state index contributed by atoms with van der Waals surface area (Å²) in [6.07, 6.45) is 7.92. The van der Waals surface area contributed by atoms with E-state index in [2.05, 4.69) is 20.6 Å². The fourth-order valence-corrected chi connectivity index (χ4v) is 5.37. The largest absolute Gasteiger partial charge is 0.484 e. The molecule has 1 heterocycles. The molecular formula is C26H30ClFN4O6. The highest BCUT2D eigenvalue weighted by Crippen LogP contribution is 2.47. The molecule has 0 spiro atoms. The number of ether oxygens (including phenoxy) is 3. The third kappa shape index (κ3) is 5.94. The summed E-state index contributed by atoms with van der Waals surface area (Å²) in [4.78, 5) is 33.5. The highest BCUT2D eigenvalue weighted by atomic mass is 35.5. The maximum atomic E-state index is 13.6. The number of amides is 2. The van der Waals surface area contributed by atoms with Crippen LogP contribution in [0.5, 0.6) is 17.5 Å². The Morgan fingerprint density at radius 1 is 1.03 bits per heavy atom. The summed E-state index contributed by atoms with van der Waals surface area (Å²) in [5, 5.41) is 16.8. The molecule has 10 nitrogen and oxygen atoms in total. The van der Waals surface area contributed by atoms with Gasteiger partial charge < -0.3 is 30.0 Å². The lowest BCUT2D eigenvalue weighted by Gasteiger charge is -2.56. The summed E-state index contributed by atoms with van der Waals surface area (Å²) >= 11 is 5.66. The van der Waals surface area contributed by atoms with E-state index in [0.29, 0.717) is 43.9 Å². The van der Waals surface area contributed by atoms with Gasteiger partial charge in [0.05, 0.1) is 29.1 Å². The first kappa shape index (κ1) is 26.4. The number of rotatable bonds is 10. The summed E-state index contributed by atoms with van der Waals surface area (Å²) in [7, 11) is 0. The molecule has 0 saturated heterocycles. The predicted octanol–water partition coefficient (Wildman–Crippen LogP) is 2.71. The van der Waals surface area contributed by atoms with E-state index in [1.807, 2.05) is 0 Å². The minimum absolute atomic E-state index is 0.0346. The number of benzene rings is 1. The molecule has 2 bridgehead atoms. The number of fused-ring (bicyclic) bond motifs is 3. The Bertz CT molecular complexity index is 1170. The van der Waals surface area contributed by atoms with Gasteiger partial charge in [0, 0.05) is 11.6 Å². The van der Waals surface area contributed by atoms with E-state index in [9.17, 15) is 19.1 Å². The molecule has 4 saturated carbocycles. The molecule has 2 amide bonds. The molecule has 1 aromatic heterocycles. The van der Waals surface area contributed by atoms with Crippen LogP contribution in [-0.4, -0.2) is 63.4 Å². The second-order valence-electron chi connectivity index (χ2n) is 10.3. The number of hydrogen-bond donors (Lipinski definition) is 3. The average molecular weight is 549 g/mol. The number of aromatic nitrogens is 2. The van der Waals surface area contributed by atoms with Crippen LogP contribution in [0.1, 0.15) is 51.4 Å². The van der Waals surface area contributed by atoms with Crippen LogP contribution in [0.3, 0.4) is 0 Å². The smallest absolute Gasteiger partial charge is 0.316 e. The van der Waals surface area contributed by atoms with Crippen molar-refractivity contribution in [2.24, 2.45) is 0 Å². The second-order valence-corrected chi connectivity index (χ2v) is 10.7. The normalized spacial score (nSPS) is 26.2. The van der Waals surface area contributed by atoms with Gasteiger partial charge in [-0.25, -0.2) is 4.39 Å². The van der Waals surface area contributed by atoms with Crippen molar-refractivity contribution in [1.82, 2.24) is 20.6 Å². The molecule has 12 heteroatoms. The highest BCUT2D eigenvalue weighted by Gasteiger charge is 2.55. The van der Waals surface area contributed by atoms with Gasteiger partial charge >= 0.3 is 6.01 Å². The van der Waals surface area contributed by atoms with E-state index in [0.717, 1.165) is 25.3 Å². The Morgan fingerprint density at radius 3 is 2.29 bits per heavy atom. The number of carbonyl (C=O) groups is 2. The predicted molar refractivity (Wildman–Crippen MR) is 134 cm³/mol. The Labute approximate surface area is 224 Å². The maximum absolute atomic E-state index is 13.6. The topological polar surface area (TPSA) is 132 Å². The van der Waals surface area contributed by atoms with Crippen molar-refractivity contribution in [2.75, 3.05) is 13.2 Å². The van der Waals surface area contributed by atoms with Crippen molar-refractivity contribution >= 4 is 23.4 Å². The van der Waals surface area contributed by atoms with Gasteiger partial charge in [-0.15, -0.1) is 0 Å². The number of nitrogens with one attached hydrogen (secondary N) is 2. The first-order chi connectivity index (χ1) is 18.2. The zero-order valence-corrected chi connectivity index (χ0v) is 21.5. The quantitative estimate of drug-likeness (QED) is 0.413. The lowest BCUT2D eigenvalue weighted by molar-refractivity contribution is -0.137. The molecule has 6 rings (SSSR count). The van der Waals surface area contributed by atoms with Gasteiger partial charge in [-0.1, -0.05) is 11.6 Å². The van der Waals surface area contributed by atoms with Gasteiger partial charge in [-0.2, -0.15) is 9.97 Å². The third-order valence-corrected chi connectivity index (χ3v) is 7.98. The van der Waals surface area contributed by atoms with Gasteiger partial charge in [0.25, 0.3) is 11.8 Å². The summed E-state index contributed by atoms with van der Waals surface area (Å²) in [5.74, 6) is -0.828. The van der Waals surface area contributed by atoms with E-state index in [1.54, 1.807) is 0 Å². The van der Waals surface area contributed by atoms with E-state index in [1.165, 1.54) is 24.5 Å². The summed E-state index contributed by atoms with van der Waals surface area (Å²) < 4.78 is 30.1. The monoisotopic (exact) mass is 548 g/mol. The molecule has 0 unspecified atom stereocenters. The summed E-state index contributed by atoms with van der Waals surface area (Å²) in [5.41, 5.74) is -1.37. The van der Waals surface area contributed by atoms with E-state index in [4.69, 9.17) is 25.8 Å². The summed E-state index contributed by atoms with van der Waals surface area (Å²) in [6.45, 7) is -0.541. The Hall–Kier alpha value is -3.18. The number of nitrogens with zero attached hydrogens (tertiary/aromatic N) is 2. The molecule has 4 fully saturated rings. The zero-order valence-electron chi connectivity index (χ0n) is 20.8. The minimum atomic E-state index is -0.847. The third-order valence-electron chi connectivity index (χ3n) is 7.67. The number of aliphatic hydroxyl groups excluding tert-OH is 1. The lowest BCUT2D eigenvalue weighted by Crippen LogP contribution is -2.70. The van der Waals surface area contributed by atoms with Crippen molar-refractivity contribution in [3.63, 3.8) is 0 Å². The number of halogens is 2. The van der Waals surface area contributed by atoms with Crippen molar-refractivity contribution in [2.45, 2.75) is 74.7 Å². The Kier molecular flexibility index (Phi) is 7.58. The van der Waals surface area contributed by atoms with Crippen molar-refractivity contribution < 1.29 is 33.3 Å². The lowest BCUT2D eigenvalue weighted by atomic mass is 9.60. The van der Waals surface area contributed by atoms with Crippen LogP contribution in [0.4, 0.5) is 4.39 Å². The van der Waals surface area contributed by atoms with E-state index < -0.39 is 28.9 Å². The molecule has 4 aliphatic rings. The first-order valence-electron chi connectivity index (χ1n) is 12.7. The standard InChI is InChI=1S/C26H30ClFN4O6/c27-19-5-4-17(10-20(19)28)36-15-23(35)32-26-8-6-25(7-9-26,11-21(26)33)31-22(34)14-37-18-12-29-24(30-13-18)38-16-2-1-3-16/h4-5,10,12-13,16,21,33H,1-3,6-9,11,14-15H2,(H,31,34)(H,32,35)/t21-,25?,26?/m0/s1. The average Bonchev–Trinajstić information content (AvgIpc) is 2.87. The molecule has 3 N–H and O–H groups in total. The maximum Gasteiger partial charge on any atom is 0.316 e. The van der Waals surface area contributed by atoms with Gasteiger partial charge in [0.15, 0.2) is 19.0 Å². The molecule has 0 radical (unpaired) electrons. The molecule has 4 aliphatic carbocycles. The van der Waals surface area contributed by atoms with Gasteiger partial charge in [-0.05, 0) is 63.5 Å². The van der Waals surface area contributed by atoms with Crippen LogP contribution < -0.4 is 24.8 Å². The summed E-state index contributed by atoms with van der Waals surface area (Å²) in [6, 6.07) is 4.23. The van der Waals surface area contributed by atoms with Crippen LogP contribution in [0.2, 0.25) is 5.02 Å². The molecule has 1 aromatic carbocycles.